The summed E-state index contributed by atoms with van der Waals surface area (Å²) in [5.74, 6) is -0.690. The maximum absolute atomic E-state index is 16.9. The first kappa shape index (κ1) is 28.1. The number of nitrogens with zero attached hydrogens (tertiary/aromatic N) is 5. The lowest BCUT2D eigenvalue weighted by molar-refractivity contribution is 0.107. The fraction of sp³-hybridized carbons (Fsp3) is 0.469. The molecule has 4 saturated heterocycles. The van der Waals surface area contributed by atoms with Gasteiger partial charge in [0.2, 0.25) is 0 Å². The third kappa shape index (κ3) is 4.23. The summed E-state index contributed by atoms with van der Waals surface area (Å²) < 4.78 is 52.7. The van der Waals surface area contributed by atoms with E-state index in [1.165, 1.54) is 12.3 Å². The van der Waals surface area contributed by atoms with E-state index < -0.39 is 23.3 Å². The van der Waals surface area contributed by atoms with Crippen molar-refractivity contribution in [2.45, 2.75) is 62.3 Å². The molecular formula is C32H33ClF3N7O. The van der Waals surface area contributed by atoms with Crippen molar-refractivity contribution in [2.75, 3.05) is 37.7 Å². The molecule has 4 aliphatic rings. The summed E-state index contributed by atoms with van der Waals surface area (Å²) in [4.78, 5) is 13.7. The van der Waals surface area contributed by atoms with Crippen LogP contribution in [0.2, 0.25) is 5.02 Å². The minimum absolute atomic E-state index is 0.0196. The summed E-state index contributed by atoms with van der Waals surface area (Å²) in [5, 5.41) is 11.6. The number of fused-ring (bicyclic) bond motifs is 5. The highest BCUT2D eigenvalue weighted by Crippen LogP contribution is 2.45. The van der Waals surface area contributed by atoms with Crippen LogP contribution in [0.4, 0.5) is 19.0 Å². The number of benzene rings is 2. The van der Waals surface area contributed by atoms with Crippen LogP contribution in [-0.4, -0.2) is 81.1 Å². The van der Waals surface area contributed by atoms with E-state index in [0.717, 1.165) is 32.2 Å². The summed E-state index contributed by atoms with van der Waals surface area (Å²) in [7, 11) is 0. The van der Waals surface area contributed by atoms with Crippen molar-refractivity contribution in [3.63, 3.8) is 0 Å². The molecule has 4 aliphatic heterocycles. The maximum atomic E-state index is 16.9. The Morgan fingerprint density at radius 3 is 2.89 bits per heavy atom. The van der Waals surface area contributed by atoms with Gasteiger partial charge in [0, 0.05) is 54.0 Å². The van der Waals surface area contributed by atoms with E-state index >= 15 is 8.78 Å². The Kier molecular flexibility index (Phi) is 6.42. The summed E-state index contributed by atoms with van der Waals surface area (Å²) in [6.45, 7) is 8.34. The van der Waals surface area contributed by atoms with Gasteiger partial charge in [-0.25, -0.2) is 13.2 Å². The van der Waals surface area contributed by atoms with Crippen LogP contribution in [0.1, 0.15) is 37.7 Å². The number of rotatable bonds is 6. The second-order valence-electron chi connectivity index (χ2n) is 12.9. The van der Waals surface area contributed by atoms with E-state index in [0.29, 0.717) is 53.7 Å². The second kappa shape index (κ2) is 10.1. The number of ether oxygens (including phenoxy) is 1. The Balaban J connectivity index is 1.29. The number of hydrogen-bond donors (Lipinski definition) is 2. The summed E-state index contributed by atoms with van der Waals surface area (Å²) >= 11 is 6.86. The molecule has 2 bridgehead atoms. The van der Waals surface area contributed by atoms with Gasteiger partial charge in [0.25, 0.3) is 0 Å². The van der Waals surface area contributed by atoms with Crippen LogP contribution < -0.4 is 15.0 Å². The van der Waals surface area contributed by atoms with Gasteiger partial charge in [0.15, 0.2) is 5.82 Å². The molecule has 230 valence electrons. The van der Waals surface area contributed by atoms with Gasteiger partial charge in [0.1, 0.15) is 29.9 Å². The zero-order chi connectivity index (χ0) is 30.4. The molecule has 4 unspecified atom stereocenters. The largest absolute Gasteiger partial charge is 0.461 e. The van der Waals surface area contributed by atoms with E-state index in [1.807, 2.05) is 6.08 Å². The number of aromatic nitrogens is 4. The molecule has 0 saturated carbocycles. The van der Waals surface area contributed by atoms with Gasteiger partial charge >= 0.3 is 6.01 Å². The van der Waals surface area contributed by atoms with Crippen LogP contribution in [0.3, 0.4) is 0 Å². The summed E-state index contributed by atoms with van der Waals surface area (Å²) in [6.07, 6.45) is 6.67. The standard InChI is InChI=1S/C32H33ClF3N7O/c1-3-31-7-5-19(40-31)14-42(15-31)29-20-9-22(33)26(25-17(2)23(35)10-24-21(25)12-37-41-24)27(36)28(20)38-30(39-29)44-16-32-6-4-8-43(32)13-18(34)11-32/h3,9-10,12,18-19,40H,1,4-8,11,13-16H2,2H3,(H,37,41). The number of nitrogens with one attached hydrogen (secondary N) is 2. The van der Waals surface area contributed by atoms with Crippen LogP contribution in [0.25, 0.3) is 32.9 Å². The van der Waals surface area contributed by atoms with Gasteiger partial charge < -0.3 is 15.0 Å². The molecule has 2 N–H and O–H groups in total. The van der Waals surface area contributed by atoms with Gasteiger partial charge in [0.05, 0.1) is 27.8 Å². The zero-order valence-electron chi connectivity index (χ0n) is 24.4. The third-order valence-electron chi connectivity index (χ3n) is 10.3. The van der Waals surface area contributed by atoms with Crippen molar-refractivity contribution in [1.29, 1.82) is 0 Å². The molecular weight excluding hydrogens is 591 g/mol. The molecule has 0 spiro atoms. The highest BCUT2D eigenvalue weighted by atomic mass is 35.5. The lowest BCUT2D eigenvalue weighted by atomic mass is 9.94. The molecule has 4 fully saturated rings. The average Bonchev–Trinajstić information content (AvgIpc) is 3.76. The molecule has 0 amide bonds. The van der Waals surface area contributed by atoms with Gasteiger partial charge in [-0.3, -0.25) is 10.00 Å². The predicted octanol–water partition coefficient (Wildman–Crippen LogP) is 5.87. The first-order valence-corrected chi connectivity index (χ1v) is 15.6. The molecule has 4 aromatic rings. The van der Waals surface area contributed by atoms with Crippen molar-refractivity contribution < 1.29 is 17.9 Å². The smallest absolute Gasteiger partial charge is 0.319 e. The molecule has 0 aliphatic carbocycles. The quantitative estimate of drug-likeness (QED) is 0.260. The Morgan fingerprint density at radius 1 is 1.18 bits per heavy atom. The molecule has 4 atom stereocenters. The number of alkyl halides is 1. The molecule has 0 radical (unpaired) electrons. The van der Waals surface area contributed by atoms with Crippen LogP contribution in [0.15, 0.2) is 31.0 Å². The predicted molar refractivity (Wildman–Crippen MR) is 164 cm³/mol. The SMILES string of the molecule is C=CC12CCC(CN(c3nc(OCC45CCCN4CC(F)C5)nc4c(F)c(-c5c(C)c(F)cc6[nH]ncc56)c(Cl)cc34)C1)N2. The highest BCUT2D eigenvalue weighted by Gasteiger charge is 2.49. The van der Waals surface area contributed by atoms with Crippen LogP contribution in [-0.2, 0) is 0 Å². The topological polar surface area (TPSA) is 82.2 Å². The number of aromatic amines is 1. The summed E-state index contributed by atoms with van der Waals surface area (Å²) in [6, 6.07) is 3.24. The van der Waals surface area contributed by atoms with Crippen molar-refractivity contribution in [3.8, 4) is 17.1 Å². The fourth-order valence-electron chi connectivity index (χ4n) is 8.13. The number of H-pyrrole nitrogens is 1. The number of anilines is 1. The van der Waals surface area contributed by atoms with Crippen LogP contribution in [0.5, 0.6) is 6.01 Å². The van der Waals surface area contributed by atoms with Gasteiger partial charge in [-0.2, -0.15) is 15.1 Å². The molecule has 44 heavy (non-hydrogen) atoms. The normalized spacial score (nSPS) is 28.3. The zero-order valence-corrected chi connectivity index (χ0v) is 25.2. The minimum atomic E-state index is -0.908. The number of piperazine rings is 1. The van der Waals surface area contributed by atoms with Crippen molar-refractivity contribution in [2.24, 2.45) is 0 Å². The highest BCUT2D eigenvalue weighted by molar-refractivity contribution is 6.35. The Bertz CT molecular complexity index is 1830. The molecule has 6 heterocycles. The molecule has 8 rings (SSSR count). The van der Waals surface area contributed by atoms with Crippen molar-refractivity contribution in [3.05, 3.63) is 53.2 Å². The van der Waals surface area contributed by atoms with E-state index in [1.54, 1.807) is 13.0 Å². The lowest BCUT2D eigenvalue weighted by Crippen LogP contribution is -2.58. The molecule has 2 aromatic heterocycles. The molecule has 8 nitrogen and oxygen atoms in total. The molecule has 12 heteroatoms. The van der Waals surface area contributed by atoms with Crippen molar-refractivity contribution in [1.82, 2.24) is 30.4 Å². The lowest BCUT2D eigenvalue weighted by Gasteiger charge is -2.40. The van der Waals surface area contributed by atoms with E-state index in [9.17, 15) is 4.39 Å². The van der Waals surface area contributed by atoms with Gasteiger partial charge in [-0.1, -0.05) is 17.7 Å². The third-order valence-corrected chi connectivity index (χ3v) is 10.6. The fourth-order valence-corrected chi connectivity index (χ4v) is 8.42. The summed E-state index contributed by atoms with van der Waals surface area (Å²) in [5.41, 5.74) is 0.342. The van der Waals surface area contributed by atoms with E-state index in [2.05, 4.69) is 36.9 Å². The Hall–Kier alpha value is -3.41. The second-order valence-corrected chi connectivity index (χ2v) is 13.4. The number of hydrogen-bond acceptors (Lipinski definition) is 7. The van der Waals surface area contributed by atoms with Crippen LogP contribution >= 0.6 is 11.6 Å². The first-order valence-electron chi connectivity index (χ1n) is 15.2. The monoisotopic (exact) mass is 623 g/mol. The number of halogens is 4. The Labute approximate surface area is 257 Å². The maximum Gasteiger partial charge on any atom is 0.319 e. The van der Waals surface area contributed by atoms with Gasteiger partial charge in [-0.05, 0) is 56.8 Å². The molecule has 2 aromatic carbocycles. The van der Waals surface area contributed by atoms with E-state index in [-0.39, 0.29) is 45.9 Å². The first-order chi connectivity index (χ1) is 21.2. The van der Waals surface area contributed by atoms with Gasteiger partial charge in [-0.15, -0.1) is 6.58 Å². The minimum Gasteiger partial charge on any atom is -0.461 e. The van der Waals surface area contributed by atoms with Crippen LogP contribution in [0, 0.1) is 18.6 Å². The average molecular weight is 624 g/mol. The van der Waals surface area contributed by atoms with E-state index in [4.69, 9.17) is 21.3 Å². The Morgan fingerprint density at radius 2 is 2.05 bits per heavy atom. The van der Waals surface area contributed by atoms with Crippen molar-refractivity contribution >= 4 is 39.2 Å².